The number of carbonyl (C=O) groups excluding carboxylic acids is 1. The number of hydrogen-bond donors (Lipinski definition) is 0. The number of benzene rings is 1. The SMILES string of the molecule is CCOC(=O)c1cnn(C)c1-c1ccccc1Cl. The van der Waals surface area contributed by atoms with Gasteiger partial charge in [0.25, 0.3) is 0 Å². The largest absolute Gasteiger partial charge is 0.462 e. The molecule has 94 valence electrons. The van der Waals surface area contributed by atoms with E-state index in [1.165, 1.54) is 6.20 Å². The van der Waals surface area contributed by atoms with Gasteiger partial charge >= 0.3 is 5.97 Å². The van der Waals surface area contributed by atoms with Gasteiger partial charge in [0.15, 0.2) is 0 Å². The summed E-state index contributed by atoms with van der Waals surface area (Å²) in [6, 6.07) is 7.33. The smallest absolute Gasteiger partial charge is 0.341 e. The van der Waals surface area contributed by atoms with Crippen LogP contribution in [0.3, 0.4) is 0 Å². The van der Waals surface area contributed by atoms with Gasteiger partial charge < -0.3 is 4.74 Å². The Morgan fingerprint density at radius 2 is 2.17 bits per heavy atom. The summed E-state index contributed by atoms with van der Waals surface area (Å²) in [5.41, 5.74) is 1.86. The number of carbonyl (C=O) groups is 1. The van der Waals surface area contributed by atoms with E-state index in [1.54, 1.807) is 24.7 Å². The van der Waals surface area contributed by atoms with E-state index in [1.807, 2.05) is 18.2 Å². The number of aryl methyl sites for hydroxylation is 1. The fourth-order valence-corrected chi connectivity index (χ4v) is 1.99. The Hall–Kier alpha value is -1.81. The van der Waals surface area contributed by atoms with Crippen LogP contribution in [0.1, 0.15) is 17.3 Å². The molecule has 0 unspecified atom stereocenters. The van der Waals surface area contributed by atoms with Crippen LogP contribution in [0.25, 0.3) is 11.3 Å². The van der Waals surface area contributed by atoms with Gasteiger partial charge in [0.05, 0.1) is 18.5 Å². The summed E-state index contributed by atoms with van der Waals surface area (Å²) < 4.78 is 6.63. The van der Waals surface area contributed by atoms with Crippen molar-refractivity contribution in [2.24, 2.45) is 7.05 Å². The van der Waals surface area contributed by atoms with Gasteiger partial charge in [0.1, 0.15) is 5.56 Å². The first kappa shape index (κ1) is 12.6. The minimum Gasteiger partial charge on any atom is -0.462 e. The summed E-state index contributed by atoms with van der Waals surface area (Å²) in [7, 11) is 1.77. The second-order valence-electron chi connectivity index (χ2n) is 3.73. The Bertz CT molecular complexity index is 578. The van der Waals surface area contributed by atoms with Crippen molar-refractivity contribution in [3.8, 4) is 11.3 Å². The van der Waals surface area contributed by atoms with E-state index in [2.05, 4.69) is 5.10 Å². The molecule has 0 amide bonds. The van der Waals surface area contributed by atoms with Gasteiger partial charge in [-0.3, -0.25) is 4.68 Å². The summed E-state index contributed by atoms with van der Waals surface area (Å²) in [6.45, 7) is 2.10. The van der Waals surface area contributed by atoms with Crippen molar-refractivity contribution in [1.29, 1.82) is 0 Å². The highest BCUT2D eigenvalue weighted by atomic mass is 35.5. The molecular weight excluding hydrogens is 252 g/mol. The van der Waals surface area contributed by atoms with E-state index >= 15 is 0 Å². The molecule has 0 saturated carbocycles. The van der Waals surface area contributed by atoms with E-state index < -0.39 is 0 Å². The Labute approximate surface area is 110 Å². The highest BCUT2D eigenvalue weighted by molar-refractivity contribution is 6.33. The molecule has 0 spiro atoms. The first-order valence-electron chi connectivity index (χ1n) is 5.59. The maximum absolute atomic E-state index is 11.8. The zero-order valence-corrected chi connectivity index (χ0v) is 10.9. The van der Waals surface area contributed by atoms with Gasteiger partial charge in [-0.05, 0) is 13.0 Å². The molecule has 5 heteroatoms. The van der Waals surface area contributed by atoms with E-state index in [0.717, 1.165) is 5.56 Å². The highest BCUT2D eigenvalue weighted by Gasteiger charge is 2.19. The molecule has 0 N–H and O–H groups in total. The third-order valence-electron chi connectivity index (χ3n) is 2.56. The zero-order valence-electron chi connectivity index (χ0n) is 10.2. The molecule has 0 aliphatic carbocycles. The lowest BCUT2D eigenvalue weighted by atomic mass is 10.1. The van der Waals surface area contributed by atoms with Gasteiger partial charge in [-0.15, -0.1) is 0 Å². The molecule has 4 nitrogen and oxygen atoms in total. The van der Waals surface area contributed by atoms with Crippen LogP contribution in [-0.2, 0) is 11.8 Å². The van der Waals surface area contributed by atoms with Crippen LogP contribution in [-0.4, -0.2) is 22.4 Å². The van der Waals surface area contributed by atoms with E-state index in [0.29, 0.717) is 22.9 Å². The topological polar surface area (TPSA) is 44.1 Å². The number of halogens is 1. The Morgan fingerprint density at radius 1 is 1.44 bits per heavy atom. The van der Waals surface area contributed by atoms with E-state index in [9.17, 15) is 4.79 Å². The molecule has 0 aliphatic rings. The normalized spacial score (nSPS) is 10.4. The summed E-state index contributed by atoms with van der Waals surface area (Å²) in [6.07, 6.45) is 1.50. The van der Waals surface area contributed by atoms with Crippen LogP contribution >= 0.6 is 11.6 Å². The predicted molar refractivity (Wildman–Crippen MR) is 69.6 cm³/mol. The third kappa shape index (κ3) is 2.24. The predicted octanol–water partition coefficient (Wildman–Crippen LogP) is 2.92. The first-order valence-corrected chi connectivity index (χ1v) is 5.97. The second kappa shape index (κ2) is 5.23. The van der Waals surface area contributed by atoms with Gasteiger partial charge in [-0.2, -0.15) is 5.10 Å². The van der Waals surface area contributed by atoms with Crippen LogP contribution in [0.5, 0.6) is 0 Å². The van der Waals surface area contributed by atoms with Crippen LogP contribution in [0.2, 0.25) is 5.02 Å². The molecule has 0 fully saturated rings. The minimum absolute atomic E-state index is 0.329. The molecule has 0 saturated heterocycles. The summed E-state index contributed by atoms with van der Waals surface area (Å²) in [5.74, 6) is -0.388. The Morgan fingerprint density at radius 3 is 2.83 bits per heavy atom. The monoisotopic (exact) mass is 264 g/mol. The van der Waals surface area contributed by atoms with Crippen LogP contribution in [0.15, 0.2) is 30.5 Å². The third-order valence-corrected chi connectivity index (χ3v) is 2.89. The number of hydrogen-bond acceptors (Lipinski definition) is 3. The Kier molecular flexibility index (Phi) is 3.67. The number of aromatic nitrogens is 2. The maximum Gasteiger partial charge on any atom is 0.341 e. The first-order chi connectivity index (χ1) is 8.65. The summed E-state index contributed by atoms with van der Waals surface area (Å²) in [4.78, 5) is 11.8. The van der Waals surface area contributed by atoms with Crippen molar-refractivity contribution in [3.63, 3.8) is 0 Å². The van der Waals surface area contributed by atoms with Gasteiger partial charge in [-0.1, -0.05) is 29.8 Å². The number of nitrogens with zero attached hydrogens (tertiary/aromatic N) is 2. The van der Waals surface area contributed by atoms with Gasteiger partial charge in [0.2, 0.25) is 0 Å². The maximum atomic E-state index is 11.8. The van der Waals surface area contributed by atoms with Crippen molar-refractivity contribution < 1.29 is 9.53 Å². The standard InChI is InChI=1S/C13H13ClN2O2/c1-3-18-13(17)10-8-15-16(2)12(10)9-6-4-5-7-11(9)14/h4-8H,3H2,1-2H3. The average Bonchev–Trinajstić information content (AvgIpc) is 2.72. The average molecular weight is 265 g/mol. The molecule has 0 atom stereocenters. The highest BCUT2D eigenvalue weighted by Crippen LogP contribution is 2.30. The van der Waals surface area contributed by atoms with Gasteiger partial charge in [0, 0.05) is 17.6 Å². The lowest BCUT2D eigenvalue weighted by molar-refractivity contribution is 0.0527. The molecular formula is C13H13ClN2O2. The fourth-order valence-electron chi connectivity index (χ4n) is 1.77. The van der Waals surface area contributed by atoms with Crippen LogP contribution in [0.4, 0.5) is 0 Å². The quantitative estimate of drug-likeness (QED) is 0.801. The van der Waals surface area contributed by atoms with Crippen LogP contribution in [0, 0.1) is 0 Å². The number of ether oxygens (including phenoxy) is 1. The lowest BCUT2D eigenvalue weighted by Gasteiger charge is -2.07. The summed E-state index contributed by atoms with van der Waals surface area (Å²) >= 11 is 6.15. The number of rotatable bonds is 3. The van der Waals surface area contributed by atoms with Crippen molar-refractivity contribution in [2.75, 3.05) is 6.61 Å². The summed E-state index contributed by atoms with van der Waals surface area (Å²) in [5, 5.41) is 4.67. The molecule has 0 bridgehead atoms. The van der Waals surface area contributed by atoms with E-state index in [4.69, 9.17) is 16.3 Å². The van der Waals surface area contributed by atoms with Crippen LogP contribution < -0.4 is 0 Å². The lowest BCUT2D eigenvalue weighted by Crippen LogP contribution is -2.06. The molecule has 0 aliphatic heterocycles. The second-order valence-corrected chi connectivity index (χ2v) is 4.14. The molecule has 1 aromatic carbocycles. The van der Waals surface area contributed by atoms with Crippen molar-refractivity contribution in [2.45, 2.75) is 6.92 Å². The van der Waals surface area contributed by atoms with Gasteiger partial charge in [-0.25, -0.2) is 4.79 Å². The molecule has 2 rings (SSSR count). The van der Waals surface area contributed by atoms with Crippen molar-refractivity contribution in [1.82, 2.24) is 9.78 Å². The molecule has 0 radical (unpaired) electrons. The van der Waals surface area contributed by atoms with Crippen molar-refractivity contribution >= 4 is 17.6 Å². The van der Waals surface area contributed by atoms with E-state index in [-0.39, 0.29) is 5.97 Å². The zero-order chi connectivity index (χ0) is 13.1. The molecule has 1 aromatic heterocycles. The number of esters is 1. The Balaban J connectivity index is 2.54. The fraction of sp³-hybridized carbons (Fsp3) is 0.231. The molecule has 18 heavy (non-hydrogen) atoms. The molecule has 2 aromatic rings. The minimum atomic E-state index is -0.388. The van der Waals surface area contributed by atoms with Crippen molar-refractivity contribution in [3.05, 3.63) is 41.0 Å². The molecule has 1 heterocycles.